The van der Waals surface area contributed by atoms with Crippen LogP contribution in [0.2, 0.25) is 0 Å². The molecule has 1 aliphatic carbocycles. The molecule has 0 amide bonds. The second-order valence-corrected chi connectivity index (χ2v) is 2.79. The van der Waals surface area contributed by atoms with Crippen molar-refractivity contribution < 1.29 is 17.9 Å². The minimum atomic E-state index is -4.26. The summed E-state index contributed by atoms with van der Waals surface area (Å²) in [6, 6.07) is 0. The van der Waals surface area contributed by atoms with Gasteiger partial charge in [0.1, 0.15) is 18.3 Å². The Bertz CT molecular complexity index is 287. The van der Waals surface area contributed by atoms with Gasteiger partial charge in [0.25, 0.3) is 0 Å². The van der Waals surface area contributed by atoms with E-state index in [0.29, 0.717) is 6.61 Å². The van der Waals surface area contributed by atoms with E-state index in [1.165, 1.54) is 12.2 Å². The quantitative estimate of drug-likeness (QED) is 0.531. The molecule has 0 atom stereocenters. The van der Waals surface area contributed by atoms with Gasteiger partial charge in [0, 0.05) is 5.57 Å². The van der Waals surface area contributed by atoms with Gasteiger partial charge in [0.15, 0.2) is 0 Å². The Balaban J connectivity index is 2.14. The van der Waals surface area contributed by atoms with Crippen molar-refractivity contribution in [3.63, 3.8) is 0 Å². The first-order chi connectivity index (χ1) is 6.07. The lowest BCUT2D eigenvalue weighted by atomic mass is 10.00. The second kappa shape index (κ2) is 2.65. The standard InChI is InChI=1S/C9H6F3O/c10-9(11,12)7-3-1-6(2-4-7)8-5-13-8/h1-4H,5H2. The lowest BCUT2D eigenvalue weighted by Gasteiger charge is -2.14. The van der Waals surface area contributed by atoms with E-state index < -0.39 is 12.1 Å². The molecular weight excluding hydrogens is 181 g/mol. The maximum Gasteiger partial charge on any atom is 0.402 e. The first-order valence-electron chi connectivity index (χ1n) is 3.73. The van der Waals surface area contributed by atoms with Crippen molar-refractivity contribution in [1.82, 2.24) is 0 Å². The second-order valence-electron chi connectivity index (χ2n) is 2.79. The van der Waals surface area contributed by atoms with E-state index in [9.17, 15) is 13.2 Å². The van der Waals surface area contributed by atoms with Crippen LogP contribution in [-0.4, -0.2) is 12.8 Å². The zero-order valence-electron chi connectivity index (χ0n) is 6.56. The molecule has 0 aromatic rings. The highest BCUT2D eigenvalue weighted by Crippen LogP contribution is 2.34. The lowest BCUT2D eigenvalue weighted by molar-refractivity contribution is -0.103. The third-order valence-electron chi connectivity index (χ3n) is 1.82. The fraction of sp³-hybridized carbons (Fsp3) is 0.222. The van der Waals surface area contributed by atoms with Crippen LogP contribution in [-0.2, 0) is 4.74 Å². The predicted octanol–water partition coefficient (Wildman–Crippen LogP) is 2.53. The molecule has 1 heterocycles. The SMILES string of the molecule is FC(F)(F)[C]1C=CC(=C2CO2)C=C1. The number of ether oxygens (including phenoxy) is 1. The molecule has 1 aliphatic heterocycles. The molecule has 1 radical (unpaired) electrons. The molecule has 0 N–H and O–H groups in total. The minimum absolute atomic E-state index is 0.533. The first kappa shape index (κ1) is 8.41. The number of alkyl halides is 3. The Morgan fingerprint density at radius 1 is 1.08 bits per heavy atom. The molecule has 2 rings (SSSR count). The third-order valence-corrected chi connectivity index (χ3v) is 1.82. The van der Waals surface area contributed by atoms with Crippen LogP contribution in [0.4, 0.5) is 13.2 Å². The van der Waals surface area contributed by atoms with Gasteiger partial charge in [0.05, 0.1) is 0 Å². The first-order valence-corrected chi connectivity index (χ1v) is 3.73. The number of rotatable bonds is 0. The molecule has 2 aliphatic rings. The number of allylic oxidation sites excluding steroid dienone is 5. The third kappa shape index (κ3) is 1.76. The van der Waals surface area contributed by atoms with E-state index in [1.807, 2.05) is 0 Å². The average Bonchev–Trinajstić information content (AvgIpc) is 2.85. The molecule has 1 nitrogen and oxygen atoms in total. The van der Waals surface area contributed by atoms with Crippen molar-refractivity contribution in [3.05, 3.63) is 41.6 Å². The van der Waals surface area contributed by atoms with E-state index >= 15 is 0 Å². The zero-order valence-corrected chi connectivity index (χ0v) is 6.56. The Morgan fingerprint density at radius 3 is 2.00 bits per heavy atom. The predicted molar refractivity (Wildman–Crippen MR) is 40.6 cm³/mol. The summed E-state index contributed by atoms with van der Waals surface area (Å²) in [4.78, 5) is 0. The van der Waals surface area contributed by atoms with Crippen LogP contribution in [0.1, 0.15) is 0 Å². The van der Waals surface area contributed by atoms with Gasteiger partial charge in [-0.05, 0) is 0 Å². The van der Waals surface area contributed by atoms with Crippen molar-refractivity contribution in [2.75, 3.05) is 6.61 Å². The summed E-state index contributed by atoms with van der Waals surface area (Å²) in [5, 5.41) is 0. The summed E-state index contributed by atoms with van der Waals surface area (Å²) in [5.41, 5.74) is 0.730. The highest BCUT2D eigenvalue weighted by Gasteiger charge is 2.38. The van der Waals surface area contributed by atoms with Gasteiger partial charge in [-0.3, -0.25) is 0 Å². The number of hydrogen-bond donors (Lipinski definition) is 0. The monoisotopic (exact) mass is 187 g/mol. The highest BCUT2D eigenvalue weighted by atomic mass is 19.4. The summed E-state index contributed by atoms with van der Waals surface area (Å²) in [7, 11) is 0. The fourth-order valence-corrected chi connectivity index (χ4v) is 1.05. The smallest absolute Gasteiger partial charge is 0.402 e. The Kier molecular flexibility index (Phi) is 1.71. The van der Waals surface area contributed by atoms with Crippen molar-refractivity contribution in [2.45, 2.75) is 6.18 Å². The lowest BCUT2D eigenvalue weighted by Crippen LogP contribution is -2.17. The van der Waals surface area contributed by atoms with Crippen molar-refractivity contribution >= 4 is 0 Å². The van der Waals surface area contributed by atoms with Crippen molar-refractivity contribution in [1.29, 1.82) is 0 Å². The summed E-state index contributed by atoms with van der Waals surface area (Å²) in [5.74, 6) is 0.131. The van der Waals surface area contributed by atoms with Crippen LogP contribution in [0.25, 0.3) is 0 Å². The van der Waals surface area contributed by atoms with Gasteiger partial charge < -0.3 is 4.74 Å². The van der Waals surface area contributed by atoms with Crippen LogP contribution >= 0.6 is 0 Å². The Labute approximate surface area is 73.2 Å². The van der Waals surface area contributed by atoms with E-state index in [4.69, 9.17) is 4.74 Å². The van der Waals surface area contributed by atoms with Gasteiger partial charge in [-0.1, -0.05) is 24.3 Å². The van der Waals surface area contributed by atoms with Gasteiger partial charge in [-0.2, -0.15) is 13.2 Å². The molecule has 0 aromatic heterocycles. The fourth-order valence-electron chi connectivity index (χ4n) is 1.05. The largest absolute Gasteiger partial charge is 0.486 e. The molecule has 0 bridgehead atoms. The molecule has 0 unspecified atom stereocenters. The van der Waals surface area contributed by atoms with Gasteiger partial charge in [0.2, 0.25) is 0 Å². The number of halogens is 3. The molecule has 4 heteroatoms. The molecule has 69 valence electrons. The molecule has 0 spiro atoms. The highest BCUT2D eigenvalue weighted by molar-refractivity contribution is 5.47. The summed E-state index contributed by atoms with van der Waals surface area (Å²) >= 11 is 0. The molecule has 0 aromatic carbocycles. The van der Waals surface area contributed by atoms with Gasteiger partial charge in [-0.15, -0.1) is 0 Å². The Morgan fingerprint density at radius 2 is 1.62 bits per heavy atom. The van der Waals surface area contributed by atoms with Crippen LogP contribution in [0.5, 0.6) is 0 Å². The van der Waals surface area contributed by atoms with Gasteiger partial charge in [-0.25, -0.2) is 0 Å². The minimum Gasteiger partial charge on any atom is -0.486 e. The van der Waals surface area contributed by atoms with Crippen molar-refractivity contribution in [2.24, 2.45) is 0 Å². The number of epoxide rings is 1. The van der Waals surface area contributed by atoms with Gasteiger partial charge >= 0.3 is 6.18 Å². The summed E-state index contributed by atoms with van der Waals surface area (Å²) < 4.78 is 41.2. The maximum absolute atomic E-state index is 12.1. The molecule has 13 heavy (non-hydrogen) atoms. The van der Waals surface area contributed by atoms with Crippen molar-refractivity contribution in [3.8, 4) is 0 Å². The van der Waals surface area contributed by atoms with E-state index in [1.54, 1.807) is 0 Å². The van der Waals surface area contributed by atoms with E-state index in [2.05, 4.69) is 0 Å². The Hall–Kier alpha value is -1.19. The van der Waals surface area contributed by atoms with Crippen LogP contribution in [0.3, 0.4) is 0 Å². The average molecular weight is 187 g/mol. The topological polar surface area (TPSA) is 12.5 Å². The van der Waals surface area contributed by atoms with Crippen LogP contribution in [0.15, 0.2) is 35.6 Å². The van der Waals surface area contributed by atoms with E-state index in [0.717, 1.165) is 23.5 Å². The zero-order chi connectivity index (χ0) is 9.47. The molecule has 1 fully saturated rings. The molecular formula is C9H6F3O. The van der Waals surface area contributed by atoms with Crippen LogP contribution < -0.4 is 0 Å². The molecule has 0 saturated carbocycles. The summed E-state index contributed by atoms with van der Waals surface area (Å²) in [6.45, 7) is 0.533. The number of hydrogen-bond acceptors (Lipinski definition) is 1. The van der Waals surface area contributed by atoms with Crippen LogP contribution in [0, 0.1) is 5.92 Å². The molecule has 1 saturated heterocycles. The van der Waals surface area contributed by atoms with E-state index in [-0.39, 0.29) is 0 Å². The summed E-state index contributed by atoms with van der Waals surface area (Å²) in [6.07, 6.45) is 0.706. The normalized spacial score (nSPS) is 22.1. The maximum atomic E-state index is 12.1.